The third kappa shape index (κ3) is 35.6. The zero-order chi connectivity index (χ0) is 57.4. The van der Waals surface area contributed by atoms with Crippen molar-refractivity contribution in [3.05, 3.63) is 48.6 Å². The van der Waals surface area contributed by atoms with Crippen molar-refractivity contribution in [1.29, 1.82) is 0 Å². The Bertz CT molecular complexity index is 1510. The highest BCUT2D eigenvalue weighted by molar-refractivity contribution is 5.76. The van der Waals surface area contributed by atoms with Crippen molar-refractivity contribution in [2.24, 2.45) is 0 Å². The Balaban J connectivity index is 1.69. The van der Waals surface area contributed by atoms with Crippen LogP contribution in [0.5, 0.6) is 0 Å². The van der Waals surface area contributed by atoms with E-state index in [4.69, 9.17) is 18.9 Å². The molecule has 0 spiro atoms. The topological polar surface area (TPSA) is 228 Å². The van der Waals surface area contributed by atoms with Gasteiger partial charge in [-0.25, -0.2) is 0 Å². The van der Waals surface area contributed by atoms with Gasteiger partial charge in [0.2, 0.25) is 5.91 Å². The van der Waals surface area contributed by atoms with Crippen LogP contribution in [0.1, 0.15) is 264 Å². The number of amides is 1. The van der Waals surface area contributed by atoms with E-state index in [1.807, 2.05) is 0 Å². The first-order chi connectivity index (χ1) is 38.6. The van der Waals surface area contributed by atoms with Crippen LogP contribution in [0.15, 0.2) is 48.6 Å². The van der Waals surface area contributed by atoms with Crippen LogP contribution in [0, 0.1) is 0 Å². The van der Waals surface area contributed by atoms with Crippen LogP contribution in [-0.4, -0.2) is 140 Å². The summed E-state index contributed by atoms with van der Waals surface area (Å²) < 4.78 is 22.9. The van der Waals surface area contributed by atoms with E-state index in [2.05, 4.69) is 67.8 Å². The number of unbranched alkanes of at least 4 members (excludes halogenated alkanes) is 31. The Morgan fingerprint density at radius 2 is 0.873 bits per heavy atom. The number of aliphatic hydroxyl groups excluding tert-OH is 8. The van der Waals surface area contributed by atoms with Gasteiger partial charge in [-0.05, 0) is 51.4 Å². The predicted octanol–water partition coefficient (Wildman–Crippen LogP) is 12.0. The van der Waals surface area contributed by atoms with Crippen molar-refractivity contribution >= 4 is 5.91 Å². The van der Waals surface area contributed by atoms with Gasteiger partial charge in [-0.15, -0.1) is 0 Å². The van der Waals surface area contributed by atoms with Crippen molar-refractivity contribution in [1.82, 2.24) is 5.32 Å². The largest absolute Gasteiger partial charge is 0.394 e. The molecule has 2 aliphatic heterocycles. The van der Waals surface area contributed by atoms with E-state index in [0.717, 1.165) is 77.0 Å². The van der Waals surface area contributed by atoms with Crippen molar-refractivity contribution in [3.63, 3.8) is 0 Å². The minimum Gasteiger partial charge on any atom is -0.394 e. The van der Waals surface area contributed by atoms with E-state index in [9.17, 15) is 45.6 Å². The third-order valence-corrected chi connectivity index (χ3v) is 15.8. The maximum absolute atomic E-state index is 13.3. The molecule has 12 unspecified atom stereocenters. The average molecular weight is 1120 g/mol. The summed E-state index contributed by atoms with van der Waals surface area (Å²) in [5, 5.41) is 87.4. The first-order valence-electron chi connectivity index (χ1n) is 32.4. The highest BCUT2D eigenvalue weighted by Gasteiger charge is 2.51. The summed E-state index contributed by atoms with van der Waals surface area (Å²) in [5.74, 6) is -0.206. The number of hydrogen-bond donors (Lipinski definition) is 9. The summed E-state index contributed by atoms with van der Waals surface area (Å²) in [4.78, 5) is 13.3. The van der Waals surface area contributed by atoms with E-state index in [-0.39, 0.29) is 12.5 Å². The van der Waals surface area contributed by atoms with Gasteiger partial charge in [0.15, 0.2) is 12.6 Å². The maximum Gasteiger partial charge on any atom is 0.220 e. The molecule has 2 fully saturated rings. The van der Waals surface area contributed by atoms with Crippen molar-refractivity contribution in [2.75, 3.05) is 19.8 Å². The SMILES string of the molecule is CC/C=C\C/C=C\C/C=C\C/C=C\CCCCCCCCCCCCCCCCC(=O)NC(COC1OC(CO)C(OC2OC(CO)C(O)C(O)C2O)C(O)C1O)C(O)CCCCCCCCCCCCCCCCCCCC. The molecule has 0 saturated carbocycles. The van der Waals surface area contributed by atoms with Crippen molar-refractivity contribution < 1.29 is 64.6 Å². The first-order valence-corrected chi connectivity index (χ1v) is 32.4. The Hall–Kier alpha value is -2.05. The number of nitrogens with one attached hydrogen (secondary N) is 1. The van der Waals surface area contributed by atoms with Gasteiger partial charge in [0.1, 0.15) is 48.8 Å². The fourth-order valence-corrected chi connectivity index (χ4v) is 10.6. The molecule has 0 aromatic rings. The molecule has 0 radical (unpaired) electrons. The zero-order valence-corrected chi connectivity index (χ0v) is 49.9. The summed E-state index contributed by atoms with van der Waals surface area (Å²) in [6, 6.07) is -0.830. The van der Waals surface area contributed by atoms with E-state index in [1.54, 1.807) is 0 Å². The molecule has 2 saturated heterocycles. The average Bonchev–Trinajstić information content (AvgIpc) is 3.46. The Labute approximate surface area is 480 Å². The molecule has 462 valence electrons. The molecule has 2 heterocycles. The molecular weight excluding hydrogens is 1000 g/mol. The molecule has 2 aliphatic rings. The van der Waals surface area contributed by atoms with Crippen molar-refractivity contribution in [2.45, 2.75) is 338 Å². The van der Waals surface area contributed by atoms with Gasteiger partial charge >= 0.3 is 0 Å². The lowest BCUT2D eigenvalue weighted by Gasteiger charge is -2.46. The summed E-state index contributed by atoms with van der Waals surface area (Å²) >= 11 is 0. The maximum atomic E-state index is 13.3. The van der Waals surface area contributed by atoms with Crippen LogP contribution >= 0.6 is 0 Å². The van der Waals surface area contributed by atoms with E-state index >= 15 is 0 Å². The molecule has 0 aromatic heterocycles. The second-order valence-electron chi connectivity index (χ2n) is 22.9. The Morgan fingerprint density at radius 1 is 0.468 bits per heavy atom. The smallest absolute Gasteiger partial charge is 0.220 e. The predicted molar refractivity (Wildman–Crippen MR) is 318 cm³/mol. The molecule has 79 heavy (non-hydrogen) atoms. The lowest BCUT2D eigenvalue weighted by atomic mass is 9.97. The highest BCUT2D eigenvalue weighted by atomic mass is 16.7. The number of carbonyl (C=O) groups excluding carboxylic acids is 1. The molecule has 14 nitrogen and oxygen atoms in total. The lowest BCUT2D eigenvalue weighted by molar-refractivity contribution is -0.359. The Kier molecular flexibility index (Phi) is 46.7. The van der Waals surface area contributed by atoms with E-state index in [1.165, 1.54) is 161 Å². The highest BCUT2D eigenvalue weighted by Crippen LogP contribution is 2.30. The summed E-state index contributed by atoms with van der Waals surface area (Å²) in [7, 11) is 0. The molecular formula is C65H119NO13. The zero-order valence-electron chi connectivity index (χ0n) is 49.9. The minimum absolute atomic E-state index is 0.206. The molecule has 0 aliphatic carbocycles. The van der Waals surface area contributed by atoms with Crippen LogP contribution in [-0.2, 0) is 23.7 Å². The van der Waals surface area contributed by atoms with Gasteiger partial charge in [0.05, 0.1) is 32.0 Å². The summed E-state index contributed by atoms with van der Waals surface area (Å²) in [6.07, 6.45) is 46.8. The molecule has 2 rings (SSSR count). The fraction of sp³-hybridized carbons (Fsp3) is 0.862. The Morgan fingerprint density at radius 3 is 1.34 bits per heavy atom. The quantitative estimate of drug-likeness (QED) is 0.0204. The molecule has 9 N–H and O–H groups in total. The van der Waals surface area contributed by atoms with Crippen LogP contribution in [0.2, 0.25) is 0 Å². The molecule has 1 amide bonds. The summed E-state index contributed by atoms with van der Waals surface area (Å²) in [6.45, 7) is 2.78. The number of allylic oxidation sites excluding steroid dienone is 8. The summed E-state index contributed by atoms with van der Waals surface area (Å²) in [5.41, 5.74) is 0. The first kappa shape index (κ1) is 73.1. The second kappa shape index (κ2) is 50.5. The van der Waals surface area contributed by atoms with Crippen LogP contribution < -0.4 is 5.32 Å². The van der Waals surface area contributed by atoms with Crippen LogP contribution in [0.4, 0.5) is 0 Å². The van der Waals surface area contributed by atoms with Crippen molar-refractivity contribution in [3.8, 4) is 0 Å². The van der Waals surface area contributed by atoms with Crippen LogP contribution in [0.3, 0.4) is 0 Å². The molecule has 14 heteroatoms. The second-order valence-corrected chi connectivity index (χ2v) is 22.9. The van der Waals surface area contributed by atoms with Gasteiger partial charge in [0.25, 0.3) is 0 Å². The normalized spacial score (nSPS) is 24.7. The monoisotopic (exact) mass is 1120 g/mol. The van der Waals surface area contributed by atoms with Gasteiger partial charge in [0, 0.05) is 6.42 Å². The fourth-order valence-electron chi connectivity index (χ4n) is 10.6. The van der Waals surface area contributed by atoms with Gasteiger partial charge in [-0.1, -0.05) is 255 Å². The molecule has 0 bridgehead atoms. The number of hydrogen-bond acceptors (Lipinski definition) is 13. The lowest BCUT2D eigenvalue weighted by Crippen LogP contribution is -2.65. The minimum atomic E-state index is -1.78. The van der Waals surface area contributed by atoms with E-state index < -0.39 is 86.8 Å². The number of rotatable bonds is 52. The van der Waals surface area contributed by atoms with Gasteiger partial charge < -0.3 is 65.1 Å². The standard InChI is InChI=1S/C65H119NO13/c1-3-5-7-9-11-13-15-17-19-21-23-24-25-26-27-28-29-30-31-33-35-37-39-41-43-45-47-49-57(70)66-53(54(69)48-46-44-42-40-38-36-34-32-22-20-18-16-14-12-10-8-6-4-2)52-76-64-62(75)60(73)63(56(51-68)78-64)79-65-61(74)59(72)58(71)55(50-67)77-65/h5,7,11,13,17,19,23-24,53-56,58-65,67-69,71-75H,3-4,6,8-10,12,14-16,18,20-22,25-52H2,1-2H3,(H,66,70)/b7-5-,13-11-,19-17-,24-23-. The van der Waals surface area contributed by atoms with Crippen LogP contribution in [0.25, 0.3) is 0 Å². The number of carbonyl (C=O) groups is 1. The number of ether oxygens (including phenoxy) is 4. The van der Waals surface area contributed by atoms with E-state index in [0.29, 0.717) is 12.8 Å². The molecule has 12 atom stereocenters. The third-order valence-electron chi connectivity index (χ3n) is 15.8. The molecule has 0 aromatic carbocycles. The number of aliphatic hydroxyl groups is 8. The van der Waals surface area contributed by atoms with Gasteiger partial charge in [-0.3, -0.25) is 4.79 Å². The van der Waals surface area contributed by atoms with Gasteiger partial charge in [-0.2, -0.15) is 0 Å².